The molecule has 0 saturated heterocycles. The molecule has 2 heterocycles. The summed E-state index contributed by atoms with van der Waals surface area (Å²) in [6, 6.07) is 0. The normalized spacial score (nSPS) is 14.0. The summed E-state index contributed by atoms with van der Waals surface area (Å²) >= 11 is 1.42. The first-order chi connectivity index (χ1) is 11.0. The molecule has 7 heteroatoms. The molecule has 1 aliphatic carbocycles. The lowest BCUT2D eigenvalue weighted by atomic mass is 10.1. The van der Waals surface area contributed by atoms with Crippen molar-refractivity contribution in [3.05, 3.63) is 22.0 Å². The lowest BCUT2D eigenvalue weighted by Crippen LogP contribution is -2.33. The molecule has 0 aromatic carbocycles. The van der Waals surface area contributed by atoms with Crippen LogP contribution in [-0.4, -0.2) is 34.9 Å². The van der Waals surface area contributed by atoms with Gasteiger partial charge >= 0.3 is 0 Å². The summed E-state index contributed by atoms with van der Waals surface area (Å²) in [4.78, 5) is 34.0. The number of hydrogen-bond acceptors (Lipinski definition) is 5. The molecule has 0 atom stereocenters. The Morgan fingerprint density at radius 1 is 1.17 bits per heavy atom. The van der Waals surface area contributed by atoms with Crippen molar-refractivity contribution < 1.29 is 9.59 Å². The smallest absolute Gasteiger partial charge is 0.261 e. The average Bonchev–Trinajstić information content (AvgIpc) is 3.28. The molecule has 2 N–H and O–H groups in total. The zero-order valence-electron chi connectivity index (χ0n) is 13.5. The molecule has 1 fully saturated rings. The van der Waals surface area contributed by atoms with Gasteiger partial charge in [0.2, 0.25) is 5.91 Å². The van der Waals surface area contributed by atoms with Crippen molar-refractivity contribution >= 4 is 33.4 Å². The first-order valence-corrected chi connectivity index (χ1v) is 8.59. The van der Waals surface area contributed by atoms with E-state index in [1.807, 2.05) is 13.8 Å². The van der Waals surface area contributed by atoms with Gasteiger partial charge in [0.15, 0.2) is 0 Å². The van der Waals surface area contributed by atoms with E-state index in [1.54, 1.807) is 0 Å². The summed E-state index contributed by atoms with van der Waals surface area (Å²) in [7, 11) is 0. The summed E-state index contributed by atoms with van der Waals surface area (Å²) in [6.45, 7) is 6.21. The van der Waals surface area contributed by atoms with Gasteiger partial charge in [0, 0.05) is 31.3 Å². The monoisotopic (exact) mass is 332 g/mol. The fraction of sp³-hybridized carbons (Fsp3) is 0.500. The van der Waals surface area contributed by atoms with Crippen molar-refractivity contribution in [3.63, 3.8) is 0 Å². The highest BCUT2D eigenvalue weighted by molar-refractivity contribution is 7.20. The van der Waals surface area contributed by atoms with Crippen LogP contribution in [0.15, 0.2) is 0 Å². The number of carbonyl (C=O) groups excluding carboxylic acids is 2. The van der Waals surface area contributed by atoms with E-state index in [0.29, 0.717) is 23.9 Å². The fourth-order valence-electron chi connectivity index (χ4n) is 2.60. The van der Waals surface area contributed by atoms with Crippen molar-refractivity contribution in [1.29, 1.82) is 0 Å². The number of rotatable bonds is 5. The zero-order chi connectivity index (χ0) is 16.6. The molecular formula is C16H20N4O2S. The maximum absolute atomic E-state index is 12.4. The number of carbonyl (C=O) groups is 2. The third-order valence-electron chi connectivity index (χ3n) is 3.92. The predicted molar refractivity (Wildman–Crippen MR) is 89.9 cm³/mol. The molecule has 0 aliphatic heterocycles. The van der Waals surface area contributed by atoms with Crippen LogP contribution in [0.4, 0.5) is 0 Å². The number of aryl methyl sites for hydroxylation is 2. The molecule has 0 spiro atoms. The van der Waals surface area contributed by atoms with E-state index in [2.05, 4.69) is 20.6 Å². The second kappa shape index (κ2) is 6.23. The molecule has 2 aromatic heterocycles. The summed E-state index contributed by atoms with van der Waals surface area (Å²) in [5.41, 5.74) is 1.88. The third-order valence-corrected chi connectivity index (χ3v) is 5.11. The Bertz CT molecular complexity index is 780. The Hall–Kier alpha value is -2.02. The van der Waals surface area contributed by atoms with Crippen LogP contribution in [0.25, 0.3) is 10.2 Å². The van der Waals surface area contributed by atoms with E-state index >= 15 is 0 Å². The predicted octanol–water partition coefficient (Wildman–Crippen LogP) is 2.05. The minimum atomic E-state index is -0.122. The van der Waals surface area contributed by atoms with Gasteiger partial charge in [-0.2, -0.15) is 0 Å². The quantitative estimate of drug-likeness (QED) is 0.821. The van der Waals surface area contributed by atoms with Crippen LogP contribution in [0, 0.1) is 13.8 Å². The Labute approximate surface area is 138 Å². The molecule has 6 nitrogen and oxygen atoms in total. The van der Waals surface area contributed by atoms with Gasteiger partial charge in [-0.1, -0.05) is 0 Å². The molecule has 23 heavy (non-hydrogen) atoms. The second-order valence-corrected chi connectivity index (χ2v) is 6.92. The van der Waals surface area contributed by atoms with Crippen LogP contribution in [0.2, 0.25) is 0 Å². The minimum Gasteiger partial charge on any atom is -0.355 e. The first-order valence-electron chi connectivity index (χ1n) is 7.77. The van der Waals surface area contributed by atoms with Gasteiger partial charge in [-0.3, -0.25) is 9.59 Å². The van der Waals surface area contributed by atoms with Crippen LogP contribution in [0.5, 0.6) is 0 Å². The SMILES string of the molecule is CC(=O)NCCNC(=O)c1sc2nc(C3CC3)nc(C)c2c1C. The minimum absolute atomic E-state index is 0.101. The van der Waals surface area contributed by atoms with Gasteiger partial charge in [-0.15, -0.1) is 11.3 Å². The van der Waals surface area contributed by atoms with Crippen LogP contribution in [-0.2, 0) is 4.79 Å². The maximum Gasteiger partial charge on any atom is 0.261 e. The van der Waals surface area contributed by atoms with E-state index in [0.717, 1.165) is 40.1 Å². The Morgan fingerprint density at radius 3 is 2.52 bits per heavy atom. The average molecular weight is 332 g/mol. The lowest BCUT2D eigenvalue weighted by molar-refractivity contribution is -0.118. The standard InChI is InChI=1S/C16H20N4O2S/c1-8-12-9(2)19-14(11-4-5-11)20-16(12)23-13(8)15(22)18-7-6-17-10(3)21/h11H,4-7H2,1-3H3,(H,17,21)(H,18,22). The number of fused-ring (bicyclic) bond motifs is 1. The number of hydrogen-bond donors (Lipinski definition) is 2. The molecule has 3 rings (SSSR count). The summed E-state index contributed by atoms with van der Waals surface area (Å²) in [6.07, 6.45) is 2.32. The number of nitrogens with zero attached hydrogens (tertiary/aromatic N) is 2. The van der Waals surface area contributed by atoms with E-state index in [1.165, 1.54) is 18.3 Å². The van der Waals surface area contributed by atoms with Gasteiger partial charge in [0.05, 0.1) is 10.6 Å². The van der Waals surface area contributed by atoms with E-state index < -0.39 is 0 Å². The number of thiophene rings is 1. The maximum atomic E-state index is 12.4. The number of amides is 2. The van der Waals surface area contributed by atoms with E-state index in [9.17, 15) is 9.59 Å². The Morgan fingerprint density at radius 2 is 1.87 bits per heavy atom. The highest BCUT2D eigenvalue weighted by Gasteiger charge is 2.28. The molecule has 1 saturated carbocycles. The van der Waals surface area contributed by atoms with Crippen molar-refractivity contribution in [2.45, 2.75) is 39.5 Å². The Kier molecular flexibility index (Phi) is 4.30. The van der Waals surface area contributed by atoms with Crippen molar-refractivity contribution in [3.8, 4) is 0 Å². The second-order valence-electron chi connectivity index (χ2n) is 5.92. The van der Waals surface area contributed by atoms with Gasteiger partial charge in [0.1, 0.15) is 10.7 Å². The molecule has 2 amide bonds. The molecular weight excluding hydrogens is 312 g/mol. The molecule has 2 aromatic rings. The van der Waals surface area contributed by atoms with Crippen molar-refractivity contribution in [1.82, 2.24) is 20.6 Å². The van der Waals surface area contributed by atoms with Gasteiger partial charge in [-0.25, -0.2) is 9.97 Å². The molecule has 0 unspecified atom stereocenters. The molecule has 0 radical (unpaired) electrons. The van der Waals surface area contributed by atoms with Crippen LogP contribution >= 0.6 is 11.3 Å². The first kappa shape index (κ1) is 15.9. The highest BCUT2D eigenvalue weighted by Crippen LogP contribution is 2.40. The summed E-state index contributed by atoms with van der Waals surface area (Å²) in [5, 5.41) is 6.48. The van der Waals surface area contributed by atoms with Crippen molar-refractivity contribution in [2.24, 2.45) is 0 Å². The topological polar surface area (TPSA) is 84.0 Å². The highest BCUT2D eigenvalue weighted by atomic mass is 32.1. The van der Waals surface area contributed by atoms with E-state index in [4.69, 9.17) is 0 Å². The summed E-state index contributed by atoms with van der Waals surface area (Å²) in [5.74, 6) is 1.18. The Balaban J connectivity index is 1.80. The molecule has 1 aliphatic rings. The largest absolute Gasteiger partial charge is 0.355 e. The van der Waals surface area contributed by atoms with Gasteiger partial charge in [-0.05, 0) is 32.3 Å². The molecule has 0 bridgehead atoms. The number of nitrogens with one attached hydrogen (secondary N) is 2. The van der Waals surface area contributed by atoms with Crippen LogP contribution in [0.1, 0.15) is 52.4 Å². The lowest BCUT2D eigenvalue weighted by Gasteiger charge is -2.05. The molecule has 122 valence electrons. The van der Waals surface area contributed by atoms with E-state index in [-0.39, 0.29) is 11.8 Å². The summed E-state index contributed by atoms with van der Waals surface area (Å²) < 4.78 is 0. The third kappa shape index (κ3) is 3.34. The number of aromatic nitrogens is 2. The zero-order valence-corrected chi connectivity index (χ0v) is 14.3. The van der Waals surface area contributed by atoms with Gasteiger partial charge in [0.25, 0.3) is 5.91 Å². The van der Waals surface area contributed by atoms with Crippen LogP contribution in [0.3, 0.4) is 0 Å². The van der Waals surface area contributed by atoms with Gasteiger partial charge < -0.3 is 10.6 Å². The fourth-order valence-corrected chi connectivity index (χ4v) is 3.75. The van der Waals surface area contributed by atoms with Crippen LogP contribution < -0.4 is 10.6 Å². The van der Waals surface area contributed by atoms with Crippen molar-refractivity contribution in [2.75, 3.05) is 13.1 Å².